The molecule has 0 spiro atoms. The molecule has 7 nitrogen and oxygen atoms in total. The van der Waals surface area contributed by atoms with Crippen LogP contribution in [-0.4, -0.2) is 80.9 Å². The lowest BCUT2D eigenvalue weighted by Crippen LogP contribution is -2.52. The van der Waals surface area contributed by atoms with Crippen LogP contribution in [0.15, 0.2) is 4.99 Å². The summed E-state index contributed by atoms with van der Waals surface area (Å²) in [6.45, 7) is 10.5. The van der Waals surface area contributed by atoms with Crippen molar-refractivity contribution in [3.8, 4) is 0 Å². The van der Waals surface area contributed by atoms with E-state index in [4.69, 9.17) is 9.47 Å². The maximum atomic E-state index is 11.9. The molecule has 0 radical (unpaired) electrons. The van der Waals surface area contributed by atoms with Gasteiger partial charge in [-0.25, -0.2) is 4.99 Å². The van der Waals surface area contributed by atoms with Crippen LogP contribution < -0.4 is 5.32 Å². The van der Waals surface area contributed by atoms with Crippen molar-refractivity contribution in [1.82, 2.24) is 15.1 Å². The minimum atomic E-state index is -0.499. The molecule has 152 valence electrons. The molecule has 26 heavy (non-hydrogen) atoms. The van der Waals surface area contributed by atoms with Crippen molar-refractivity contribution in [3.05, 3.63) is 0 Å². The lowest BCUT2D eigenvalue weighted by molar-refractivity contribution is -0.189. The molecule has 2 aliphatic rings. The fourth-order valence-electron chi connectivity index (χ4n) is 3.21. The van der Waals surface area contributed by atoms with Crippen LogP contribution in [0, 0.1) is 11.8 Å². The second-order valence-electron chi connectivity index (χ2n) is 7.70. The van der Waals surface area contributed by atoms with E-state index in [-0.39, 0.29) is 36.4 Å². The van der Waals surface area contributed by atoms with Crippen molar-refractivity contribution in [2.75, 3.05) is 53.5 Å². The molecule has 0 aromatic carbocycles. The van der Waals surface area contributed by atoms with Crippen LogP contribution in [0.3, 0.4) is 0 Å². The summed E-state index contributed by atoms with van der Waals surface area (Å²) in [4.78, 5) is 20.3. The molecule has 1 atom stereocenters. The number of hydrogen-bond acceptors (Lipinski definition) is 4. The Morgan fingerprint density at radius 2 is 2.00 bits per heavy atom. The highest BCUT2D eigenvalue weighted by molar-refractivity contribution is 14.0. The van der Waals surface area contributed by atoms with Gasteiger partial charge in [0, 0.05) is 39.6 Å². The topological polar surface area (TPSA) is 66.4 Å². The number of halogens is 1. The number of nitrogens with one attached hydrogen (secondary N) is 1. The smallest absolute Gasteiger partial charge is 0.243 e. The summed E-state index contributed by atoms with van der Waals surface area (Å²) in [6.07, 6.45) is 2.15. The molecule has 0 aromatic heterocycles. The third-order valence-corrected chi connectivity index (χ3v) is 4.85. The monoisotopic (exact) mass is 482 g/mol. The van der Waals surface area contributed by atoms with Gasteiger partial charge < -0.3 is 24.6 Å². The first-order valence-electron chi connectivity index (χ1n) is 9.33. The number of carbonyl (C=O) groups is 1. The molecule has 8 heteroatoms. The number of amides is 1. The van der Waals surface area contributed by atoms with E-state index in [1.165, 1.54) is 0 Å². The Labute approximate surface area is 174 Å². The number of rotatable bonds is 5. The number of likely N-dealkylation sites (N-methyl/N-ethyl adjacent to an activating group) is 1. The average molecular weight is 482 g/mol. The van der Waals surface area contributed by atoms with Crippen LogP contribution in [0.5, 0.6) is 0 Å². The van der Waals surface area contributed by atoms with Gasteiger partial charge in [-0.15, -0.1) is 24.0 Å². The Balaban J connectivity index is 0.00000338. The Kier molecular flexibility index (Phi) is 9.60. The third-order valence-electron chi connectivity index (χ3n) is 4.85. The first kappa shape index (κ1) is 23.4. The summed E-state index contributed by atoms with van der Waals surface area (Å²) in [5, 5.41) is 3.43. The molecular formula is C18H35IN4O3. The standard InChI is InChI=1S/C18H34N4O3.HI/c1-14(2)11-19-17(20-12-16(23)21(4)5)22-8-6-7-15(13-22)18(3)24-9-10-25-18;/h14-15H,6-13H2,1-5H3,(H,19,20);1H. The molecule has 0 saturated carbocycles. The Bertz CT molecular complexity index is 479. The molecule has 0 bridgehead atoms. The van der Waals surface area contributed by atoms with Gasteiger partial charge in [0.1, 0.15) is 6.54 Å². The van der Waals surface area contributed by atoms with Gasteiger partial charge in [-0.05, 0) is 25.7 Å². The van der Waals surface area contributed by atoms with Crippen LogP contribution in [0.2, 0.25) is 0 Å². The molecule has 2 heterocycles. The number of likely N-dealkylation sites (tertiary alicyclic amines) is 1. The fourth-order valence-corrected chi connectivity index (χ4v) is 3.21. The highest BCUT2D eigenvalue weighted by Gasteiger charge is 2.42. The molecule has 2 aliphatic heterocycles. The summed E-state index contributed by atoms with van der Waals surface area (Å²) >= 11 is 0. The van der Waals surface area contributed by atoms with E-state index in [2.05, 4.69) is 29.1 Å². The summed E-state index contributed by atoms with van der Waals surface area (Å²) in [7, 11) is 3.51. The molecule has 1 unspecified atom stereocenters. The number of nitrogens with zero attached hydrogens (tertiary/aromatic N) is 3. The van der Waals surface area contributed by atoms with Gasteiger partial charge in [0.15, 0.2) is 11.7 Å². The number of piperidine rings is 1. The SMILES string of the molecule is CC(C)CNC(=NCC(=O)N(C)C)N1CCCC(C2(C)OCCO2)C1.I. The zero-order valence-electron chi connectivity index (χ0n) is 16.8. The number of ether oxygens (including phenoxy) is 2. The van der Waals surface area contributed by atoms with Gasteiger partial charge in [0.05, 0.1) is 13.2 Å². The van der Waals surface area contributed by atoms with Gasteiger partial charge in [0.25, 0.3) is 0 Å². The Morgan fingerprint density at radius 3 is 2.58 bits per heavy atom. The van der Waals surface area contributed by atoms with Crippen molar-refractivity contribution in [2.24, 2.45) is 16.8 Å². The van der Waals surface area contributed by atoms with Gasteiger partial charge in [-0.1, -0.05) is 13.8 Å². The molecule has 1 amide bonds. The largest absolute Gasteiger partial charge is 0.356 e. The van der Waals surface area contributed by atoms with Gasteiger partial charge in [-0.3, -0.25) is 4.79 Å². The van der Waals surface area contributed by atoms with E-state index in [0.717, 1.165) is 38.4 Å². The van der Waals surface area contributed by atoms with Crippen LogP contribution in [-0.2, 0) is 14.3 Å². The first-order valence-corrected chi connectivity index (χ1v) is 9.33. The van der Waals surface area contributed by atoms with E-state index in [0.29, 0.717) is 25.0 Å². The zero-order chi connectivity index (χ0) is 18.4. The molecule has 0 aromatic rings. The summed E-state index contributed by atoms with van der Waals surface area (Å²) in [6, 6.07) is 0. The second kappa shape index (κ2) is 10.7. The Hall–Kier alpha value is -0.610. The predicted molar refractivity (Wildman–Crippen MR) is 114 cm³/mol. The fraction of sp³-hybridized carbons (Fsp3) is 0.889. The minimum absolute atomic E-state index is 0. The second-order valence-corrected chi connectivity index (χ2v) is 7.70. The lowest BCUT2D eigenvalue weighted by Gasteiger charge is -2.41. The summed E-state index contributed by atoms with van der Waals surface area (Å²) < 4.78 is 11.7. The average Bonchev–Trinajstić information content (AvgIpc) is 3.02. The minimum Gasteiger partial charge on any atom is -0.356 e. The highest BCUT2D eigenvalue weighted by Crippen LogP contribution is 2.34. The van der Waals surface area contributed by atoms with Crippen molar-refractivity contribution in [3.63, 3.8) is 0 Å². The molecule has 2 fully saturated rings. The zero-order valence-corrected chi connectivity index (χ0v) is 19.1. The van der Waals surface area contributed by atoms with Crippen molar-refractivity contribution >= 4 is 35.8 Å². The van der Waals surface area contributed by atoms with Gasteiger partial charge in [0.2, 0.25) is 5.91 Å². The van der Waals surface area contributed by atoms with Crippen molar-refractivity contribution in [1.29, 1.82) is 0 Å². The molecule has 1 N–H and O–H groups in total. The molecule has 2 rings (SSSR count). The van der Waals surface area contributed by atoms with E-state index < -0.39 is 5.79 Å². The summed E-state index contributed by atoms with van der Waals surface area (Å²) in [5.74, 6) is 1.14. The van der Waals surface area contributed by atoms with E-state index in [1.54, 1.807) is 19.0 Å². The number of hydrogen-bond donors (Lipinski definition) is 1. The normalized spacial score (nSPS) is 22.9. The maximum Gasteiger partial charge on any atom is 0.243 e. The molecule has 0 aliphatic carbocycles. The van der Waals surface area contributed by atoms with Crippen LogP contribution in [0.25, 0.3) is 0 Å². The van der Waals surface area contributed by atoms with Crippen LogP contribution >= 0.6 is 24.0 Å². The Morgan fingerprint density at radius 1 is 1.35 bits per heavy atom. The highest BCUT2D eigenvalue weighted by atomic mass is 127. The number of guanidine groups is 1. The van der Waals surface area contributed by atoms with E-state index in [9.17, 15) is 4.79 Å². The van der Waals surface area contributed by atoms with Crippen molar-refractivity contribution in [2.45, 2.75) is 39.4 Å². The van der Waals surface area contributed by atoms with Crippen LogP contribution in [0.4, 0.5) is 0 Å². The molecule has 2 saturated heterocycles. The first-order chi connectivity index (χ1) is 11.8. The summed E-state index contributed by atoms with van der Waals surface area (Å²) in [5.41, 5.74) is 0. The lowest BCUT2D eigenvalue weighted by atomic mass is 9.90. The van der Waals surface area contributed by atoms with E-state index in [1.807, 2.05) is 6.92 Å². The van der Waals surface area contributed by atoms with Crippen LogP contribution in [0.1, 0.15) is 33.6 Å². The van der Waals surface area contributed by atoms with E-state index >= 15 is 0 Å². The number of aliphatic imine (C=N–C) groups is 1. The number of carbonyl (C=O) groups excluding carboxylic acids is 1. The maximum absolute atomic E-state index is 11.9. The van der Waals surface area contributed by atoms with Gasteiger partial charge >= 0.3 is 0 Å². The quantitative estimate of drug-likeness (QED) is 0.368. The van der Waals surface area contributed by atoms with Crippen molar-refractivity contribution < 1.29 is 14.3 Å². The van der Waals surface area contributed by atoms with Gasteiger partial charge in [-0.2, -0.15) is 0 Å². The third kappa shape index (κ3) is 6.53. The molecular weight excluding hydrogens is 447 g/mol. The predicted octanol–water partition coefficient (Wildman–Crippen LogP) is 1.77.